The van der Waals surface area contributed by atoms with Crippen LogP contribution < -0.4 is 29.6 Å². The van der Waals surface area contributed by atoms with Crippen molar-refractivity contribution in [1.82, 2.24) is 0 Å². The molecule has 0 heterocycles. The monoisotopic (exact) mass is 184 g/mol. The van der Waals surface area contributed by atoms with E-state index in [4.69, 9.17) is 9.46 Å². The molecule has 0 bridgehead atoms. The largest absolute Gasteiger partial charge is 1.00 e. The molecule has 1 fully saturated rings. The molecule has 1 rings (SSSR count). The fourth-order valence-corrected chi connectivity index (χ4v) is 1.16. The molecule has 0 aromatic heterocycles. The van der Waals surface area contributed by atoms with Gasteiger partial charge in [-0.1, -0.05) is 19.3 Å². The molecule has 60 valence electrons. The van der Waals surface area contributed by atoms with Crippen LogP contribution in [0.3, 0.4) is 0 Å². The molecule has 4 heteroatoms. The molecule has 0 aromatic carbocycles. The fraction of sp³-hybridized carbons (Fsp3) is 0.857. The zero-order valence-electron chi connectivity index (χ0n) is 7.34. The van der Waals surface area contributed by atoms with Gasteiger partial charge < -0.3 is 10.8 Å². The second kappa shape index (κ2) is 11.1. The Labute approximate surface area is 92.3 Å². The molecule has 1 aliphatic rings. The first-order chi connectivity index (χ1) is 4.81. The molecule has 0 saturated heterocycles. The van der Waals surface area contributed by atoms with Gasteiger partial charge in [-0.05, 0) is 0 Å². The molecular weight excluding hydrogens is 170 g/mol. The maximum absolute atomic E-state index is 8.46. The van der Waals surface area contributed by atoms with E-state index < -0.39 is 8.69 Å². The molecule has 0 amide bonds. The topological polar surface area (TPSA) is 37.3 Å². The normalized spacial score (nSPS) is 18.0. The Morgan fingerprint density at radius 2 is 1.64 bits per heavy atom. The first-order valence-corrected chi connectivity index (χ1v) is 4.35. The fourth-order valence-electron chi connectivity index (χ4n) is 1.16. The van der Waals surface area contributed by atoms with Crippen molar-refractivity contribution < 1.29 is 39.0 Å². The molecule has 1 N–H and O–H groups in total. The van der Waals surface area contributed by atoms with Crippen LogP contribution in [0.4, 0.5) is 0 Å². The zero-order valence-corrected chi connectivity index (χ0v) is 10.2. The van der Waals surface area contributed by atoms with Gasteiger partial charge in [-0.2, -0.15) is 19.8 Å². The van der Waals surface area contributed by atoms with Crippen molar-refractivity contribution in [2.45, 2.75) is 39.0 Å². The first-order valence-electron chi connectivity index (χ1n) is 3.59. The molecule has 2 nitrogen and oxygen atoms in total. The number of hydrogen-bond donors (Lipinski definition) is 1. The molecule has 0 aromatic rings. The minimum atomic E-state index is -0.833. The number of hydrogen-bond acceptors (Lipinski definition) is 1. The van der Waals surface area contributed by atoms with Gasteiger partial charge in [0, 0.05) is 0 Å². The van der Waals surface area contributed by atoms with Crippen LogP contribution in [0.2, 0.25) is 0 Å². The average Bonchev–Trinajstić information content (AvgIpc) is 1.91. The summed E-state index contributed by atoms with van der Waals surface area (Å²) in [5, 5.41) is 0. The summed E-state index contributed by atoms with van der Waals surface area (Å²) in [5.74, 6) is 1.71. The minimum absolute atomic E-state index is 0. The summed E-state index contributed by atoms with van der Waals surface area (Å²) < 4.78 is 8.46. The number of rotatable bonds is 0. The van der Waals surface area contributed by atoms with Crippen LogP contribution >= 0.6 is 8.69 Å². The van der Waals surface area contributed by atoms with Crippen LogP contribution in [-0.4, -0.2) is 4.89 Å². The van der Waals surface area contributed by atoms with Gasteiger partial charge in [0.25, 0.3) is 0 Å². The van der Waals surface area contributed by atoms with Crippen molar-refractivity contribution in [3.8, 4) is 0 Å². The van der Waals surface area contributed by atoms with E-state index in [-0.39, 0.29) is 29.6 Å². The van der Waals surface area contributed by atoms with Gasteiger partial charge in [0.15, 0.2) is 0 Å². The molecule has 0 unspecified atom stereocenters. The second-order valence-corrected chi connectivity index (χ2v) is 2.76. The van der Waals surface area contributed by atoms with Crippen molar-refractivity contribution in [1.29, 1.82) is 0 Å². The first kappa shape index (κ1) is 14.6. The van der Waals surface area contributed by atoms with Crippen LogP contribution in [0.15, 0.2) is 0 Å². The summed E-state index contributed by atoms with van der Waals surface area (Å²) in [6, 6.07) is 0. The molecule has 0 spiro atoms. The average molecular weight is 184 g/mol. The minimum Gasteiger partial charge on any atom is -0.317 e. The molecule has 11 heavy (non-hydrogen) atoms. The van der Waals surface area contributed by atoms with Crippen LogP contribution in [0, 0.1) is 5.92 Å². The SMILES string of the molecule is C[C-]1CCCCC1.O=PO.[Na+]. The standard InChI is InChI=1S/C7H13.Na.HO2P/c1-7-5-3-2-4-6-7;;1-3-2/h2-6H2,1H3;;(H,1,2)/q-1;+1;. The summed E-state index contributed by atoms with van der Waals surface area (Å²) in [6.45, 7) is 2.28. The van der Waals surface area contributed by atoms with Gasteiger partial charge in [-0.3, -0.25) is 0 Å². The van der Waals surface area contributed by atoms with E-state index in [1.54, 1.807) is 5.92 Å². The molecule has 0 atom stereocenters. The smallest absolute Gasteiger partial charge is 0.317 e. The molecule has 1 saturated carbocycles. The van der Waals surface area contributed by atoms with E-state index in [0.717, 1.165) is 0 Å². The summed E-state index contributed by atoms with van der Waals surface area (Å²) in [5.41, 5.74) is 0. The zero-order chi connectivity index (χ0) is 7.82. The van der Waals surface area contributed by atoms with Crippen molar-refractivity contribution in [3.63, 3.8) is 0 Å². The Morgan fingerprint density at radius 1 is 1.27 bits per heavy atom. The van der Waals surface area contributed by atoms with E-state index in [9.17, 15) is 0 Å². The van der Waals surface area contributed by atoms with Gasteiger partial charge in [0.2, 0.25) is 0 Å². The molecule has 0 radical (unpaired) electrons. The van der Waals surface area contributed by atoms with E-state index in [1.165, 1.54) is 32.1 Å². The van der Waals surface area contributed by atoms with Crippen molar-refractivity contribution in [2.24, 2.45) is 0 Å². The Bertz CT molecular complexity index is 84.5. The van der Waals surface area contributed by atoms with Crippen LogP contribution in [0.1, 0.15) is 39.0 Å². The molecular formula is C7H14NaO2P. The Morgan fingerprint density at radius 3 is 1.82 bits per heavy atom. The Balaban J connectivity index is 0. The Hall–Kier alpha value is 1.06. The summed E-state index contributed by atoms with van der Waals surface area (Å²) >= 11 is 0. The van der Waals surface area contributed by atoms with E-state index in [2.05, 4.69) is 6.92 Å². The quantitative estimate of drug-likeness (QED) is 0.320. The summed E-state index contributed by atoms with van der Waals surface area (Å²) in [4.78, 5) is 6.99. The van der Waals surface area contributed by atoms with Gasteiger partial charge in [-0.25, -0.2) is 4.57 Å². The van der Waals surface area contributed by atoms with Gasteiger partial charge in [0.1, 0.15) is 0 Å². The van der Waals surface area contributed by atoms with Crippen LogP contribution in [0.25, 0.3) is 0 Å². The van der Waals surface area contributed by atoms with E-state index >= 15 is 0 Å². The third-order valence-corrected chi connectivity index (χ3v) is 1.71. The van der Waals surface area contributed by atoms with Gasteiger partial charge in [0.05, 0.1) is 0 Å². The van der Waals surface area contributed by atoms with E-state index in [1.807, 2.05) is 0 Å². The third kappa shape index (κ3) is 11.1. The maximum atomic E-state index is 8.46. The van der Waals surface area contributed by atoms with Gasteiger partial charge in [-0.15, -0.1) is 0 Å². The summed E-state index contributed by atoms with van der Waals surface area (Å²) in [6.07, 6.45) is 7.18. The van der Waals surface area contributed by atoms with Crippen molar-refractivity contribution in [2.75, 3.05) is 0 Å². The molecule has 0 aliphatic heterocycles. The summed E-state index contributed by atoms with van der Waals surface area (Å²) in [7, 11) is -0.833. The third-order valence-electron chi connectivity index (χ3n) is 1.71. The Kier molecular flexibility index (Phi) is 14.7. The molecule has 1 aliphatic carbocycles. The predicted molar refractivity (Wildman–Crippen MR) is 41.8 cm³/mol. The van der Waals surface area contributed by atoms with Gasteiger partial charge >= 0.3 is 38.2 Å². The van der Waals surface area contributed by atoms with Crippen molar-refractivity contribution >= 4 is 8.69 Å². The maximum Gasteiger partial charge on any atom is 1.00 e. The predicted octanol–water partition coefficient (Wildman–Crippen LogP) is -0.266. The van der Waals surface area contributed by atoms with E-state index in [0.29, 0.717) is 0 Å². The van der Waals surface area contributed by atoms with Crippen LogP contribution in [-0.2, 0) is 4.57 Å². The van der Waals surface area contributed by atoms with Crippen molar-refractivity contribution in [3.05, 3.63) is 5.92 Å². The second-order valence-electron chi connectivity index (χ2n) is 2.60. The van der Waals surface area contributed by atoms with Crippen LogP contribution in [0.5, 0.6) is 0 Å².